The van der Waals surface area contributed by atoms with Crippen LogP contribution in [0.5, 0.6) is 0 Å². The summed E-state index contributed by atoms with van der Waals surface area (Å²) in [6.45, 7) is 2.53. The summed E-state index contributed by atoms with van der Waals surface area (Å²) in [5.41, 5.74) is 3.03. The van der Waals surface area contributed by atoms with Crippen LogP contribution in [0.1, 0.15) is 24.6 Å². The van der Waals surface area contributed by atoms with Crippen LogP contribution in [0.4, 0.5) is 5.13 Å². The first-order chi connectivity index (χ1) is 15.1. The Morgan fingerprint density at radius 3 is 2.68 bits per heavy atom. The number of nitrogens with zero attached hydrogens (tertiary/aromatic N) is 3. The molecule has 0 radical (unpaired) electrons. The fourth-order valence-corrected chi connectivity index (χ4v) is 5.23. The molecule has 2 heterocycles. The van der Waals surface area contributed by atoms with Gasteiger partial charge in [-0.1, -0.05) is 48.1 Å². The van der Waals surface area contributed by atoms with Crippen LogP contribution in [0, 0.1) is 0 Å². The average molecular weight is 468 g/mol. The number of carbonyl (C=O) groups is 1. The van der Waals surface area contributed by atoms with E-state index in [1.54, 1.807) is 34.2 Å². The van der Waals surface area contributed by atoms with Crippen molar-refractivity contribution in [3.8, 4) is 0 Å². The lowest BCUT2D eigenvalue weighted by atomic mass is 10.1. The third kappa shape index (κ3) is 5.45. The van der Waals surface area contributed by atoms with Gasteiger partial charge in [0.15, 0.2) is 5.13 Å². The molecule has 0 fully saturated rings. The Morgan fingerprint density at radius 2 is 1.94 bits per heavy atom. The number of hydrogen-bond donors (Lipinski definition) is 0. The largest absolute Gasteiger partial charge is 0.282 e. The van der Waals surface area contributed by atoms with Crippen LogP contribution in [0.3, 0.4) is 0 Å². The van der Waals surface area contributed by atoms with Gasteiger partial charge in [-0.3, -0.25) is 14.7 Å². The SMILES string of the molecule is CCc1cccc2sc(N(Cc3ccccn3)C(=O)CCSc3ccc(Cl)cc3)nc12. The number of aromatic nitrogens is 2. The molecule has 0 saturated heterocycles. The lowest BCUT2D eigenvalue weighted by molar-refractivity contribution is -0.118. The number of thioether (sulfide) groups is 1. The number of rotatable bonds is 8. The van der Waals surface area contributed by atoms with E-state index in [9.17, 15) is 4.79 Å². The van der Waals surface area contributed by atoms with Crippen molar-refractivity contribution >= 4 is 56.0 Å². The molecule has 0 saturated carbocycles. The van der Waals surface area contributed by atoms with E-state index in [2.05, 4.69) is 30.1 Å². The van der Waals surface area contributed by atoms with Crippen LogP contribution < -0.4 is 4.90 Å². The number of amides is 1. The second kappa shape index (κ2) is 10.3. The molecule has 4 rings (SSSR count). The second-order valence-electron chi connectivity index (χ2n) is 6.97. The lowest BCUT2D eigenvalue weighted by Gasteiger charge is -2.19. The van der Waals surface area contributed by atoms with Crippen molar-refractivity contribution in [3.63, 3.8) is 0 Å². The molecule has 2 aromatic carbocycles. The number of anilines is 1. The van der Waals surface area contributed by atoms with Gasteiger partial charge in [0.25, 0.3) is 0 Å². The number of thiazole rings is 1. The van der Waals surface area contributed by atoms with Crippen LogP contribution in [0.2, 0.25) is 5.02 Å². The van der Waals surface area contributed by atoms with Gasteiger partial charge in [0.2, 0.25) is 5.91 Å². The monoisotopic (exact) mass is 467 g/mol. The first kappa shape index (κ1) is 21.8. The molecule has 4 aromatic rings. The molecule has 0 N–H and O–H groups in total. The first-order valence-corrected chi connectivity index (χ1v) is 12.3. The Balaban J connectivity index is 1.55. The maximum atomic E-state index is 13.3. The highest BCUT2D eigenvalue weighted by Gasteiger charge is 2.21. The predicted octanol–water partition coefficient (Wildman–Crippen LogP) is 6.62. The Kier molecular flexibility index (Phi) is 7.22. The van der Waals surface area contributed by atoms with Gasteiger partial charge in [0.1, 0.15) is 0 Å². The Labute approximate surface area is 195 Å². The summed E-state index contributed by atoms with van der Waals surface area (Å²) in [4.78, 5) is 25.4. The van der Waals surface area contributed by atoms with Crippen LogP contribution in [-0.2, 0) is 17.8 Å². The zero-order chi connectivity index (χ0) is 21.6. The molecule has 31 heavy (non-hydrogen) atoms. The summed E-state index contributed by atoms with van der Waals surface area (Å²) in [6.07, 6.45) is 3.07. The number of pyridine rings is 1. The van der Waals surface area contributed by atoms with Gasteiger partial charge < -0.3 is 0 Å². The van der Waals surface area contributed by atoms with E-state index in [0.717, 1.165) is 32.4 Å². The summed E-state index contributed by atoms with van der Waals surface area (Å²) < 4.78 is 1.10. The third-order valence-electron chi connectivity index (χ3n) is 4.85. The van der Waals surface area contributed by atoms with Crippen molar-refractivity contribution < 1.29 is 4.79 Å². The fourth-order valence-electron chi connectivity index (χ4n) is 3.23. The Bertz CT molecular complexity index is 1160. The first-order valence-electron chi connectivity index (χ1n) is 10.1. The summed E-state index contributed by atoms with van der Waals surface area (Å²) in [5, 5.41) is 1.44. The number of aryl methyl sites for hydroxylation is 1. The molecular formula is C24H22ClN3OS2. The molecule has 0 spiro atoms. The van der Waals surface area contributed by atoms with Gasteiger partial charge in [0.05, 0.1) is 22.5 Å². The number of halogens is 1. The van der Waals surface area contributed by atoms with E-state index in [4.69, 9.17) is 16.6 Å². The Morgan fingerprint density at radius 1 is 1.10 bits per heavy atom. The van der Waals surface area contributed by atoms with E-state index in [1.165, 1.54) is 5.56 Å². The molecule has 0 aliphatic rings. The number of benzene rings is 2. The maximum Gasteiger partial charge on any atom is 0.229 e. The lowest BCUT2D eigenvalue weighted by Crippen LogP contribution is -2.30. The van der Waals surface area contributed by atoms with Crippen LogP contribution in [0.15, 0.2) is 71.8 Å². The van der Waals surface area contributed by atoms with Crippen molar-refractivity contribution in [2.45, 2.75) is 31.2 Å². The van der Waals surface area contributed by atoms with Gasteiger partial charge in [-0.15, -0.1) is 11.8 Å². The van der Waals surface area contributed by atoms with E-state index in [0.29, 0.717) is 23.7 Å². The van der Waals surface area contributed by atoms with Crippen LogP contribution in [0.25, 0.3) is 10.2 Å². The topological polar surface area (TPSA) is 46.1 Å². The summed E-state index contributed by atoms with van der Waals surface area (Å²) in [5.74, 6) is 0.730. The van der Waals surface area contributed by atoms with Crippen LogP contribution >= 0.6 is 34.7 Å². The maximum absolute atomic E-state index is 13.3. The molecular weight excluding hydrogens is 446 g/mol. The summed E-state index contributed by atoms with van der Waals surface area (Å²) in [7, 11) is 0. The predicted molar refractivity (Wildman–Crippen MR) is 131 cm³/mol. The number of carbonyl (C=O) groups excluding carboxylic acids is 1. The molecule has 2 aromatic heterocycles. The minimum atomic E-state index is 0.0456. The van der Waals surface area contributed by atoms with Crippen LogP contribution in [-0.4, -0.2) is 21.6 Å². The molecule has 1 amide bonds. The quantitative estimate of drug-likeness (QED) is 0.273. The van der Waals surface area contributed by atoms with Gasteiger partial charge in [0, 0.05) is 28.3 Å². The highest BCUT2D eigenvalue weighted by molar-refractivity contribution is 7.99. The van der Waals surface area contributed by atoms with Gasteiger partial charge in [-0.05, 0) is 54.4 Å². The average Bonchev–Trinajstić information content (AvgIpc) is 3.23. The number of hydrogen-bond acceptors (Lipinski definition) is 5. The Hall–Kier alpha value is -2.41. The second-order valence-corrected chi connectivity index (χ2v) is 9.58. The molecule has 158 valence electrons. The third-order valence-corrected chi connectivity index (χ3v) is 7.16. The van der Waals surface area contributed by atoms with Crippen molar-refractivity contribution in [1.29, 1.82) is 0 Å². The minimum absolute atomic E-state index is 0.0456. The molecule has 4 nitrogen and oxygen atoms in total. The van der Waals surface area contributed by atoms with Crippen molar-refractivity contribution in [2.24, 2.45) is 0 Å². The zero-order valence-electron chi connectivity index (χ0n) is 17.1. The number of para-hydroxylation sites is 1. The highest BCUT2D eigenvalue weighted by atomic mass is 35.5. The summed E-state index contributed by atoms with van der Waals surface area (Å²) >= 11 is 9.16. The van der Waals surface area contributed by atoms with E-state index < -0.39 is 0 Å². The minimum Gasteiger partial charge on any atom is -0.282 e. The normalized spacial score (nSPS) is 11.0. The molecule has 0 aliphatic carbocycles. The highest BCUT2D eigenvalue weighted by Crippen LogP contribution is 2.32. The van der Waals surface area contributed by atoms with Crippen molar-refractivity contribution in [1.82, 2.24) is 9.97 Å². The van der Waals surface area contributed by atoms with E-state index in [-0.39, 0.29) is 5.91 Å². The molecule has 0 atom stereocenters. The standard InChI is InChI=1S/C24H22ClN3OS2/c1-2-17-6-5-8-21-23(17)27-24(31-21)28(16-19-7-3-4-14-26-19)22(29)13-15-30-20-11-9-18(25)10-12-20/h3-12,14H,2,13,15-16H2,1H3. The van der Waals surface area contributed by atoms with E-state index >= 15 is 0 Å². The van der Waals surface area contributed by atoms with Crippen molar-refractivity contribution in [3.05, 3.63) is 83.1 Å². The summed E-state index contributed by atoms with van der Waals surface area (Å²) in [6, 6.07) is 19.7. The molecule has 0 unspecified atom stereocenters. The molecule has 0 bridgehead atoms. The molecule has 7 heteroatoms. The van der Waals surface area contributed by atoms with Crippen molar-refractivity contribution in [2.75, 3.05) is 10.7 Å². The van der Waals surface area contributed by atoms with Gasteiger partial charge in [-0.25, -0.2) is 4.98 Å². The molecule has 0 aliphatic heterocycles. The zero-order valence-corrected chi connectivity index (χ0v) is 19.5. The van der Waals surface area contributed by atoms with Gasteiger partial charge >= 0.3 is 0 Å². The fraction of sp³-hybridized carbons (Fsp3) is 0.208. The van der Waals surface area contributed by atoms with E-state index in [1.807, 2.05) is 42.5 Å². The number of fused-ring (bicyclic) bond motifs is 1. The smallest absolute Gasteiger partial charge is 0.229 e. The van der Waals surface area contributed by atoms with Gasteiger partial charge in [-0.2, -0.15) is 0 Å².